The molecule has 0 aliphatic carbocycles. The Morgan fingerprint density at radius 2 is 1.81 bits per heavy atom. The van der Waals surface area contributed by atoms with Crippen molar-refractivity contribution >= 4 is 17.8 Å². The lowest BCUT2D eigenvalue weighted by molar-refractivity contribution is -0.308. The second-order valence-electron chi connectivity index (χ2n) is 3.98. The van der Waals surface area contributed by atoms with Gasteiger partial charge in [0.2, 0.25) is 11.8 Å². The summed E-state index contributed by atoms with van der Waals surface area (Å²) in [6, 6.07) is -1.01. The summed E-state index contributed by atoms with van der Waals surface area (Å²) in [5.74, 6) is -2.07. The van der Waals surface area contributed by atoms with E-state index in [1.54, 1.807) is 0 Å². The third kappa shape index (κ3) is 6.80. The monoisotopic (exact) mass is 229 g/mol. The molecule has 92 valence electrons. The lowest BCUT2D eigenvalue weighted by atomic mass is 10.0. The maximum Gasteiger partial charge on any atom is 0.239 e. The van der Waals surface area contributed by atoms with Crippen LogP contribution in [0.2, 0.25) is 0 Å². The van der Waals surface area contributed by atoms with Gasteiger partial charge in [0, 0.05) is 6.92 Å². The predicted octanol–water partition coefficient (Wildman–Crippen LogP) is -1.60. The molecular weight excluding hydrogens is 212 g/mol. The highest BCUT2D eigenvalue weighted by atomic mass is 16.4. The smallest absolute Gasteiger partial charge is 0.239 e. The zero-order valence-electron chi connectivity index (χ0n) is 9.70. The van der Waals surface area contributed by atoms with Crippen LogP contribution in [0.1, 0.15) is 27.2 Å². The molecule has 0 saturated heterocycles. The molecule has 0 bridgehead atoms. The van der Waals surface area contributed by atoms with Crippen molar-refractivity contribution < 1.29 is 19.5 Å². The van der Waals surface area contributed by atoms with Gasteiger partial charge in [-0.2, -0.15) is 0 Å². The number of carbonyl (C=O) groups excluding carboxylic acids is 3. The van der Waals surface area contributed by atoms with E-state index in [1.165, 1.54) is 6.92 Å². The van der Waals surface area contributed by atoms with E-state index in [-0.39, 0.29) is 18.4 Å². The Bertz CT molecular complexity index is 276. The molecule has 6 nitrogen and oxygen atoms in total. The molecule has 2 N–H and O–H groups in total. The highest BCUT2D eigenvalue weighted by molar-refractivity contribution is 5.86. The van der Waals surface area contributed by atoms with Crippen molar-refractivity contribution in [3.05, 3.63) is 0 Å². The Morgan fingerprint density at radius 3 is 2.19 bits per heavy atom. The summed E-state index contributed by atoms with van der Waals surface area (Å²) in [6.07, 6.45) is 0.300. The molecule has 0 spiro atoms. The van der Waals surface area contributed by atoms with Crippen molar-refractivity contribution in [1.29, 1.82) is 0 Å². The second kappa shape index (κ2) is 6.81. The third-order valence-electron chi connectivity index (χ3n) is 1.82. The number of nitrogens with one attached hydrogen (secondary N) is 2. The van der Waals surface area contributed by atoms with Crippen molar-refractivity contribution in [3.8, 4) is 0 Å². The molecule has 0 aromatic rings. The molecule has 0 aromatic carbocycles. The zero-order valence-corrected chi connectivity index (χ0v) is 9.70. The number of amides is 2. The first kappa shape index (κ1) is 14.4. The lowest BCUT2D eigenvalue weighted by Crippen LogP contribution is -2.50. The third-order valence-corrected chi connectivity index (χ3v) is 1.82. The Kier molecular flexibility index (Phi) is 6.14. The fourth-order valence-electron chi connectivity index (χ4n) is 1.14. The van der Waals surface area contributed by atoms with Crippen molar-refractivity contribution in [2.24, 2.45) is 5.92 Å². The summed E-state index contributed by atoms with van der Waals surface area (Å²) in [6.45, 7) is 4.74. The minimum absolute atomic E-state index is 0.129. The van der Waals surface area contributed by atoms with Crippen LogP contribution in [0.3, 0.4) is 0 Å². The normalized spacial score (nSPS) is 12.0. The predicted molar refractivity (Wildman–Crippen MR) is 55.1 cm³/mol. The van der Waals surface area contributed by atoms with Crippen LogP contribution in [0.25, 0.3) is 0 Å². The first-order chi connectivity index (χ1) is 7.32. The lowest BCUT2D eigenvalue weighted by Gasteiger charge is -2.21. The van der Waals surface area contributed by atoms with Gasteiger partial charge in [0.25, 0.3) is 0 Å². The van der Waals surface area contributed by atoms with E-state index in [1.807, 2.05) is 13.8 Å². The molecule has 0 fully saturated rings. The molecule has 16 heavy (non-hydrogen) atoms. The Balaban J connectivity index is 4.13. The highest BCUT2D eigenvalue weighted by Gasteiger charge is 2.14. The van der Waals surface area contributed by atoms with Gasteiger partial charge in [0.1, 0.15) is 0 Å². The largest absolute Gasteiger partial charge is 0.548 e. The van der Waals surface area contributed by atoms with Crippen molar-refractivity contribution in [3.63, 3.8) is 0 Å². The van der Waals surface area contributed by atoms with Crippen LogP contribution in [0.15, 0.2) is 0 Å². The number of carboxylic acids is 1. The minimum atomic E-state index is -1.31. The summed E-state index contributed by atoms with van der Waals surface area (Å²) in [7, 11) is 0. The van der Waals surface area contributed by atoms with Gasteiger partial charge in [-0.25, -0.2) is 0 Å². The molecule has 6 heteroatoms. The number of carboxylic acid groups (broad SMARTS) is 1. The molecule has 0 aliphatic heterocycles. The van der Waals surface area contributed by atoms with Crippen LogP contribution in [0, 0.1) is 5.92 Å². The van der Waals surface area contributed by atoms with Crippen LogP contribution < -0.4 is 15.7 Å². The van der Waals surface area contributed by atoms with Gasteiger partial charge in [-0.1, -0.05) is 13.8 Å². The van der Waals surface area contributed by atoms with Gasteiger partial charge in [-0.3, -0.25) is 9.59 Å². The maximum absolute atomic E-state index is 11.2. The van der Waals surface area contributed by atoms with Gasteiger partial charge < -0.3 is 20.5 Å². The van der Waals surface area contributed by atoms with Gasteiger partial charge in [-0.15, -0.1) is 0 Å². The molecule has 2 amide bonds. The fourth-order valence-corrected chi connectivity index (χ4v) is 1.14. The molecule has 1 atom stereocenters. The number of carbonyl (C=O) groups is 3. The van der Waals surface area contributed by atoms with E-state index in [2.05, 4.69) is 10.6 Å². The topological polar surface area (TPSA) is 98.3 Å². The molecule has 0 heterocycles. The standard InChI is InChI=1S/C10H18N2O4/c1-6(2)4-8(10(15)16)12-9(14)5-11-7(3)13/h6,8H,4-5H2,1-3H3,(H,11,13)(H,12,14)(H,15,16)/p-1/t8-/m0/s1. The zero-order chi connectivity index (χ0) is 12.7. The van der Waals surface area contributed by atoms with E-state index in [0.29, 0.717) is 6.42 Å². The number of hydrogen-bond donors (Lipinski definition) is 2. The fraction of sp³-hybridized carbons (Fsp3) is 0.700. The number of rotatable bonds is 6. The Hall–Kier alpha value is -1.59. The number of aliphatic carboxylic acids is 1. The van der Waals surface area contributed by atoms with Gasteiger partial charge in [0.05, 0.1) is 18.6 Å². The van der Waals surface area contributed by atoms with Gasteiger partial charge in [0.15, 0.2) is 0 Å². The molecule has 0 radical (unpaired) electrons. The molecule has 0 rings (SSSR count). The van der Waals surface area contributed by atoms with Crippen LogP contribution in [0.4, 0.5) is 0 Å². The Morgan fingerprint density at radius 1 is 1.25 bits per heavy atom. The van der Waals surface area contributed by atoms with E-state index >= 15 is 0 Å². The molecular formula is C10H17N2O4-. The van der Waals surface area contributed by atoms with Crippen LogP contribution in [0.5, 0.6) is 0 Å². The number of hydrogen-bond acceptors (Lipinski definition) is 4. The van der Waals surface area contributed by atoms with E-state index in [0.717, 1.165) is 0 Å². The first-order valence-corrected chi connectivity index (χ1v) is 5.07. The van der Waals surface area contributed by atoms with E-state index < -0.39 is 17.9 Å². The molecule has 0 aromatic heterocycles. The molecule has 0 unspecified atom stereocenters. The second-order valence-corrected chi connectivity index (χ2v) is 3.98. The van der Waals surface area contributed by atoms with Crippen LogP contribution in [-0.2, 0) is 14.4 Å². The average molecular weight is 229 g/mol. The van der Waals surface area contributed by atoms with E-state index in [4.69, 9.17) is 0 Å². The summed E-state index contributed by atoms with van der Waals surface area (Å²) in [4.78, 5) is 32.4. The van der Waals surface area contributed by atoms with Crippen molar-refractivity contribution in [2.45, 2.75) is 33.2 Å². The maximum atomic E-state index is 11.2. The van der Waals surface area contributed by atoms with Gasteiger partial charge in [-0.05, 0) is 12.3 Å². The summed E-state index contributed by atoms with van der Waals surface area (Å²) >= 11 is 0. The summed E-state index contributed by atoms with van der Waals surface area (Å²) in [5, 5.41) is 15.3. The average Bonchev–Trinajstić information content (AvgIpc) is 2.12. The minimum Gasteiger partial charge on any atom is -0.548 e. The van der Waals surface area contributed by atoms with Crippen LogP contribution in [-0.4, -0.2) is 30.4 Å². The van der Waals surface area contributed by atoms with Crippen molar-refractivity contribution in [1.82, 2.24) is 10.6 Å². The SMILES string of the molecule is CC(=O)NCC(=O)N[C@@H](CC(C)C)C(=O)[O-]. The highest BCUT2D eigenvalue weighted by Crippen LogP contribution is 2.03. The van der Waals surface area contributed by atoms with Crippen LogP contribution >= 0.6 is 0 Å². The quantitative estimate of drug-likeness (QED) is 0.573. The molecule has 0 saturated carbocycles. The van der Waals surface area contributed by atoms with Crippen molar-refractivity contribution in [2.75, 3.05) is 6.54 Å². The van der Waals surface area contributed by atoms with Gasteiger partial charge >= 0.3 is 0 Å². The van der Waals surface area contributed by atoms with E-state index in [9.17, 15) is 19.5 Å². The Labute approximate surface area is 94.4 Å². The first-order valence-electron chi connectivity index (χ1n) is 5.07. The summed E-state index contributed by atoms with van der Waals surface area (Å²) < 4.78 is 0. The molecule has 0 aliphatic rings. The summed E-state index contributed by atoms with van der Waals surface area (Å²) in [5.41, 5.74) is 0.